The first-order valence-corrected chi connectivity index (χ1v) is 7.22. The number of hydrogen-bond donors (Lipinski definition) is 1. The third-order valence-electron chi connectivity index (χ3n) is 3.89. The number of anilines is 1. The minimum absolute atomic E-state index is 0.196. The van der Waals surface area contributed by atoms with Gasteiger partial charge in [-0.15, -0.1) is 0 Å². The fourth-order valence-electron chi connectivity index (χ4n) is 2.72. The van der Waals surface area contributed by atoms with Gasteiger partial charge in [0.25, 0.3) is 0 Å². The minimum Gasteiger partial charge on any atom is -0.354 e. The Kier molecular flexibility index (Phi) is 3.04. The largest absolute Gasteiger partial charge is 0.354 e. The summed E-state index contributed by atoms with van der Waals surface area (Å²) in [5, 5.41) is 7.83. The van der Waals surface area contributed by atoms with Gasteiger partial charge in [-0.25, -0.2) is 4.68 Å². The number of benzene rings is 1. The molecule has 0 fully saturated rings. The summed E-state index contributed by atoms with van der Waals surface area (Å²) in [5.41, 5.74) is 2.87. The summed E-state index contributed by atoms with van der Waals surface area (Å²) >= 11 is 0. The first-order chi connectivity index (χ1) is 9.45. The van der Waals surface area contributed by atoms with E-state index in [0.717, 1.165) is 24.7 Å². The standard InChI is InChI=1S/C16H22N4/c1-11-18-15-17-10-9-14(20(15)19-11)12-5-7-13(8-6-12)16(2,3)4/h5-8,14H,9-10H2,1-4H3,(H,17,18,19). The number of nitrogens with one attached hydrogen (secondary N) is 1. The number of aryl methyl sites for hydroxylation is 1. The van der Waals surface area contributed by atoms with Crippen LogP contribution in [-0.2, 0) is 5.41 Å². The molecule has 0 aliphatic carbocycles. The van der Waals surface area contributed by atoms with E-state index < -0.39 is 0 Å². The molecule has 4 heteroatoms. The number of hydrogen-bond acceptors (Lipinski definition) is 3. The van der Waals surface area contributed by atoms with Gasteiger partial charge in [-0.1, -0.05) is 45.0 Å². The van der Waals surface area contributed by atoms with E-state index in [9.17, 15) is 0 Å². The quantitative estimate of drug-likeness (QED) is 0.864. The van der Waals surface area contributed by atoms with Gasteiger partial charge in [0, 0.05) is 6.54 Å². The lowest BCUT2D eigenvalue weighted by Gasteiger charge is -2.26. The van der Waals surface area contributed by atoms with Crippen molar-refractivity contribution in [2.75, 3.05) is 11.9 Å². The molecule has 1 unspecified atom stereocenters. The molecule has 1 aromatic heterocycles. The van der Waals surface area contributed by atoms with Crippen LogP contribution in [0.2, 0.25) is 0 Å². The molecule has 0 bridgehead atoms. The van der Waals surface area contributed by atoms with Gasteiger partial charge in [0.1, 0.15) is 5.82 Å². The van der Waals surface area contributed by atoms with Crippen molar-refractivity contribution in [2.24, 2.45) is 0 Å². The molecule has 0 saturated carbocycles. The third kappa shape index (κ3) is 2.30. The molecule has 0 amide bonds. The maximum Gasteiger partial charge on any atom is 0.221 e. The van der Waals surface area contributed by atoms with Gasteiger partial charge >= 0.3 is 0 Å². The van der Waals surface area contributed by atoms with Crippen LogP contribution >= 0.6 is 0 Å². The lowest BCUT2D eigenvalue weighted by Crippen LogP contribution is -2.24. The van der Waals surface area contributed by atoms with Crippen molar-refractivity contribution in [1.82, 2.24) is 14.8 Å². The highest BCUT2D eigenvalue weighted by molar-refractivity contribution is 5.35. The Labute approximate surface area is 120 Å². The Morgan fingerprint density at radius 1 is 1.20 bits per heavy atom. The molecular weight excluding hydrogens is 248 g/mol. The van der Waals surface area contributed by atoms with Crippen LogP contribution in [0.5, 0.6) is 0 Å². The van der Waals surface area contributed by atoms with Gasteiger partial charge in [0.05, 0.1) is 6.04 Å². The van der Waals surface area contributed by atoms with E-state index >= 15 is 0 Å². The molecule has 1 aliphatic rings. The van der Waals surface area contributed by atoms with E-state index in [0.29, 0.717) is 6.04 Å². The highest BCUT2D eigenvalue weighted by Gasteiger charge is 2.24. The monoisotopic (exact) mass is 270 g/mol. The highest BCUT2D eigenvalue weighted by atomic mass is 15.4. The van der Waals surface area contributed by atoms with Crippen molar-refractivity contribution in [1.29, 1.82) is 0 Å². The van der Waals surface area contributed by atoms with Crippen molar-refractivity contribution < 1.29 is 0 Å². The maximum absolute atomic E-state index is 4.52. The molecule has 1 N–H and O–H groups in total. The van der Waals surface area contributed by atoms with Crippen molar-refractivity contribution in [3.8, 4) is 0 Å². The van der Waals surface area contributed by atoms with Gasteiger partial charge in [0.2, 0.25) is 5.95 Å². The summed E-state index contributed by atoms with van der Waals surface area (Å²) in [4.78, 5) is 4.42. The second-order valence-electron chi connectivity index (χ2n) is 6.53. The topological polar surface area (TPSA) is 42.7 Å². The summed E-state index contributed by atoms with van der Waals surface area (Å²) in [7, 11) is 0. The molecular formula is C16H22N4. The van der Waals surface area contributed by atoms with E-state index in [1.165, 1.54) is 11.1 Å². The second kappa shape index (κ2) is 4.62. The molecule has 20 heavy (non-hydrogen) atoms. The zero-order chi connectivity index (χ0) is 14.3. The molecule has 1 atom stereocenters. The Bertz CT molecular complexity index is 604. The highest BCUT2D eigenvalue weighted by Crippen LogP contribution is 2.30. The first kappa shape index (κ1) is 13.2. The van der Waals surface area contributed by atoms with E-state index in [2.05, 4.69) is 60.4 Å². The summed E-state index contributed by atoms with van der Waals surface area (Å²) in [6.07, 6.45) is 1.05. The van der Waals surface area contributed by atoms with Gasteiger partial charge < -0.3 is 5.32 Å². The van der Waals surface area contributed by atoms with Crippen LogP contribution in [-0.4, -0.2) is 21.3 Å². The van der Waals surface area contributed by atoms with Crippen LogP contribution in [0.3, 0.4) is 0 Å². The molecule has 1 aromatic carbocycles. The maximum atomic E-state index is 4.52. The van der Waals surface area contributed by atoms with Crippen LogP contribution < -0.4 is 5.32 Å². The average molecular weight is 270 g/mol. The average Bonchev–Trinajstić information content (AvgIpc) is 2.78. The van der Waals surface area contributed by atoms with Gasteiger partial charge in [-0.2, -0.15) is 10.1 Å². The smallest absolute Gasteiger partial charge is 0.221 e. The summed E-state index contributed by atoms with van der Waals surface area (Å²) in [6, 6.07) is 9.23. The zero-order valence-corrected chi connectivity index (χ0v) is 12.6. The third-order valence-corrected chi connectivity index (χ3v) is 3.89. The number of rotatable bonds is 1. The van der Waals surface area contributed by atoms with Gasteiger partial charge in [-0.3, -0.25) is 0 Å². The molecule has 4 nitrogen and oxygen atoms in total. The van der Waals surface area contributed by atoms with Crippen molar-refractivity contribution in [3.63, 3.8) is 0 Å². The lowest BCUT2D eigenvalue weighted by atomic mass is 9.86. The normalized spacial score (nSPS) is 18.5. The predicted octanol–water partition coefficient (Wildman–Crippen LogP) is 3.29. The molecule has 106 valence electrons. The van der Waals surface area contributed by atoms with Crippen LogP contribution in [0.4, 0.5) is 5.95 Å². The zero-order valence-electron chi connectivity index (χ0n) is 12.6. The Hall–Kier alpha value is -1.84. The van der Waals surface area contributed by atoms with Crippen molar-refractivity contribution >= 4 is 5.95 Å². The Morgan fingerprint density at radius 3 is 2.55 bits per heavy atom. The van der Waals surface area contributed by atoms with Crippen molar-refractivity contribution in [2.45, 2.75) is 45.6 Å². The minimum atomic E-state index is 0.196. The van der Waals surface area contributed by atoms with Gasteiger partial charge in [-0.05, 0) is 29.9 Å². The fraction of sp³-hybridized carbons (Fsp3) is 0.500. The predicted molar refractivity (Wildman–Crippen MR) is 81.1 cm³/mol. The van der Waals surface area contributed by atoms with Crippen LogP contribution in [0.1, 0.15) is 50.2 Å². The number of fused-ring (bicyclic) bond motifs is 1. The van der Waals surface area contributed by atoms with E-state index in [1.54, 1.807) is 0 Å². The number of aromatic nitrogens is 3. The Balaban J connectivity index is 1.94. The second-order valence-corrected chi connectivity index (χ2v) is 6.53. The van der Waals surface area contributed by atoms with Crippen LogP contribution in [0, 0.1) is 6.92 Å². The molecule has 1 aliphatic heterocycles. The lowest BCUT2D eigenvalue weighted by molar-refractivity contribution is 0.478. The number of nitrogens with zero attached hydrogens (tertiary/aromatic N) is 3. The Morgan fingerprint density at radius 2 is 1.90 bits per heavy atom. The summed E-state index contributed by atoms with van der Waals surface area (Å²) in [5.74, 6) is 1.71. The van der Waals surface area contributed by atoms with Gasteiger partial charge in [0.15, 0.2) is 0 Å². The molecule has 2 aromatic rings. The van der Waals surface area contributed by atoms with Crippen molar-refractivity contribution in [3.05, 3.63) is 41.2 Å². The molecule has 0 spiro atoms. The fourth-order valence-corrected chi connectivity index (χ4v) is 2.72. The van der Waals surface area contributed by atoms with Crippen LogP contribution in [0.25, 0.3) is 0 Å². The van der Waals surface area contributed by atoms with E-state index in [4.69, 9.17) is 0 Å². The summed E-state index contributed by atoms with van der Waals surface area (Å²) in [6.45, 7) is 9.61. The molecule has 0 saturated heterocycles. The first-order valence-electron chi connectivity index (χ1n) is 7.22. The summed E-state index contributed by atoms with van der Waals surface area (Å²) < 4.78 is 2.02. The molecule has 2 heterocycles. The van der Waals surface area contributed by atoms with Crippen LogP contribution in [0.15, 0.2) is 24.3 Å². The van der Waals surface area contributed by atoms with E-state index in [1.807, 2.05) is 11.6 Å². The van der Waals surface area contributed by atoms with E-state index in [-0.39, 0.29) is 5.41 Å². The molecule has 0 radical (unpaired) electrons. The molecule has 3 rings (SSSR count). The SMILES string of the molecule is Cc1nc2n(n1)C(c1ccc(C(C)(C)C)cc1)CCN2.